The molecule has 0 saturated heterocycles. The number of rotatable bonds is 1. The Hall–Kier alpha value is -0.730. The summed E-state index contributed by atoms with van der Waals surface area (Å²) in [6, 6.07) is 0. The van der Waals surface area contributed by atoms with Crippen molar-refractivity contribution >= 4 is 5.84 Å². The average Bonchev–Trinajstić information content (AvgIpc) is 1.84. The molecular formula is C5H12N2O. The molecule has 3 nitrogen and oxygen atoms in total. The minimum absolute atomic E-state index is 0.646. The minimum atomic E-state index is 0.646. The zero-order chi connectivity index (χ0) is 6.57. The maximum atomic E-state index is 8.18. The van der Waals surface area contributed by atoms with Crippen molar-refractivity contribution in [2.24, 2.45) is 5.16 Å². The van der Waals surface area contributed by atoms with Gasteiger partial charge in [0.05, 0.1) is 0 Å². The lowest BCUT2D eigenvalue weighted by atomic mass is 10.5. The van der Waals surface area contributed by atoms with E-state index in [-0.39, 0.29) is 0 Å². The summed E-state index contributed by atoms with van der Waals surface area (Å²) in [5.74, 6) is 0.646. The van der Waals surface area contributed by atoms with E-state index < -0.39 is 0 Å². The molecule has 48 valence electrons. The smallest absolute Gasteiger partial charge is 0.140 e. The van der Waals surface area contributed by atoms with E-state index in [1.165, 1.54) is 0 Å². The third-order valence-electron chi connectivity index (χ3n) is 1.17. The van der Waals surface area contributed by atoms with Crippen molar-refractivity contribution < 1.29 is 5.21 Å². The van der Waals surface area contributed by atoms with E-state index >= 15 is 0 Å². The quantitative estimate of drug-likeness (QED) is 0.237. The van der Waals surface area contributed by atoms with Gasteiger partial charge in [-0.2, -0.15) is 0 Å². The van der Waals surface area contributed by atoms with Crippen LogP contribution in [0.1, 0.15) is 13.8 Å². The van der Waals surface area contributed by atoms with Gasteiger partial charge in [-0.1, -0.05) is 5.16 Å². The number of hydrogen-bond donors (Lipinski definition) is 1. The molecule has 0 amide bonds. The first-order valence-corrected chi connectivity index (χ1v) is 2.62. The molecule has 0 aromatic heterocycles. The van der Waals surface area contributed by atoms with Gasteiger partial charge in [0, 0.05) is 13.6 Å². The summed E-state index contributed by atoms with van der Waals surface area (Å²) in [6.07, 6.45) is 0. The van der Waals surface area contributed by atoms with E-state index in [4.69, 9.17) is 5.21 Å². The van der Waals surface area contributed by atoms with E-state index in [1.54, 1.807) is 6.92 Å². The Morgan fingerprint density at radius 3 is 2.38 bits per heavy atom. The van der Waals surface area contributed by atoms with Crippen molar-refractivity contribution in [3.05, 3.63) is 0 Å². The van der Waals surface area contributed by atoms with Crippen LogP contribution in [-0.4, -0.2) is 29.5 Å². The summed E-state index contributed by atoms with van der Waals surface area (Å²) in [4.78, 5) is 1.85. The topological polar surface area (TPSA) is 35.8 Å². The lowest BCUT2D eigenvalue weighted by Gasteiger charge is -2.12. The molecule has 3 heteroatoms. The molecule has 0 unspecified atom stereocenters. The van der Waals surface area contributed by atoms with E-state index in [2.05, 4.69) is 5.16 Å². The molecule has 0 radical (unpaired) electrons. The summed E-state index contributed by atoms with van der Waals surface area (Å²) < 4.78 is 0. The van der Waals surface area contributed by atoms with Crippen molar-refractivity contribution in [2.45, 2.75) is 13.8 Å². The van der Waals surface area contributed by atoms with E-state index in [1.807, 2.05) is 18.9 Å². The van der Waals surface area contributed by atoms with Gasteiger partial charge < -0.3 is 10.1 Å². The Kier molecular flexibility index (Phi) is 2.99. The lowest BCUT2D eigenvalue weighted by molar-refractivity contribution is 0.306. The fraction of sp³-hybridized carbons (Fsp3) is 0.800. The molecule has 0 rings (SSSR count). The number of amidine groups is 1. The van der Waals surface area contributed by atoms with Crippen molar-refractivity contribution in [3.63, 3.8) is 0 Å². The molecule has 0 bridgehead atoms. The average molecular weight is 116 g/mol. The SMILES string of the molecule is CCN(C)C(C)=NO. The molecule has 0 atom stereocenters. The predicted molar refractivity (Wildman–Crippen MR) is 33.2 cm³/mol. The Morgan fingerprint density at radius 2 is 2.25 bits per heavy atom. The van der Waals surface area contributed by atoms with Gasteiger partial charge in [-0.15, -0.1) is 0 Å². The fourth-order valence-corrected chi connectivity index (χ4v) is 0.305. The third-order valence-corrected chi connectivity index (χ3v) is 1.17. The van der Waals surface area contributed by atoms with Crippen LogP contribution in [0.25, 0.3) is 0 Å². The van der Waals surface area contributed by atoms with Crippen LogP contribution in [0.3, 0.4) is 0 Å². The Balaban J connectivity index is 3.63. The van der Waals surface area contributed by atoms with Gasteiger partial charge in [0.15, 0.2) is 0 Å². The van der Waals surface area contributed by atoms with Crippen LogP contribution < -0.4 is 0 Å². The van der Waals surface area contributed by atoms with Gasteiger partial charge in [-0.25, -0.2) is 0 Å². The van der Waals surface area contributed by atoms with Crippen LogP contribution in [0.4, 0.5) is 0 Å². The zero-order valence-corrected chi connectivity index (χ0v) is 5.55. The predicted octanol–water partition coefficient (Wildman–Crippen LogP) is 0.746. The summed E-state index contributed by atoms with van der Waals surface area (Å²) in [5, 5.41) is 11.2. The van der Waals surface area contributed by atoms with Crippen molar-refractivity contribution in [3.8, 4) is 0 Å². The largest absolute Gasteiger partial charge is 0.409 e. The Morgan fingerprint density at radius 1 is 1.75 bits per heavy atom. The van der Waals surface area contributed by atoms with Gasteiger partial charge in [0.2, 0.25) is 0 Å². The first kappa shape index (κ1) is 7.27. The third kappa shape index (κ3) is 1.82. The molecular weight excluding hydrogens is 104 g/mol. The molecule has 0 aliphatic rings. The molecule has 0 heterocycles. The van der Waals surface area contributed by atoms with Gasteiger partial charge in [0.25, 0.3) is 0 Å². The van der Waals surface area contributed by atoms with Gasteiger partial charge in [-0.05, 0) is 13.8 Å². The maximum absolute atomic E-state index is 8.18. The van der Waals surface area contributed by atoms with E-state index in [0.717, 1.165) is 6.54 Å². The number of hydrogen-bond acceptors (Lipinski definition) is 2. The summed E-state index contributed by atoms with van der Waals surface area (Å²) in [6.45, 7) is 4.62. The van der Waals surface area contributed by atoms with Crippen molar-refractivity contribution in [1.82, 2.24) is 4.90 Å². The highest BCUT2D eigenvalue weighted by Gasteiger charge is 1.93. The first-order valence-electron chi connectivity index (χ1n) is 2.62. The zero-order valence-electron chi connectivity index (χ0n) is 5.55. The summed E-state index contributed by atoms with van der Waals surface area (Å²) in [5.41, 5.74) is 0. The second-order valence-corrected chi connectivity index (χ2v) is 1.66. The standard InChI is InChI=1S/C5H12N2O/c1-4-7(3)5(2)6-8/h8H,4H2,1-3H3. The highest BCUT2D eigenvalue weighted by molar-refractivity contribution is 5.78. The molecule has 0 fully saturated rings. The monoisotopic (exact) mass is 116 g/mol. The van der Waals surface area contributed by atoms with Crippen LogP contribution >= 0.6 is 0 Å². The second kappa shape index (κ2) is 3.29. The first-order chi connectivity index (χ1) is 3.72. The van der Waals surface area contributed by atoms with Gasteiger partial charge in [0.1, 0.15) is 5.84 Å². The van der Waals surface area contributed by atoms with E-state index in [0.29, 0.717) is 5.84 Å². The summed E-state index contributed by atoms with van der Waals surface area (Å²) >= 11 is 0. The highest BCUT2D eigenvalue weighted by atomic mass is 16.4. The number of nitrogens with zero attached hydrogens (tertiary/aromatic N) is 2. The molecule has 1 N–H and O–H groups in total. The van der Waals surface area contributed by atoms with Crippen molar-refractivity contribution in [2.75, 3.05) is 13.6 Å². The lowest BCUT2D eigenvalue weighted by Crippen LogP contribution is -2.23. The Labute approximate surface area is 49.6 Å². The van der Waals surface area contributed by atoms with Gasteiger partial charge in [-0.3, -0.25) is 0 Å². The molecule has 0 aromatic rings. The van der Waals surface area contributed by atoms with Crippen LogP contribution in [0.2, 0.25) is 0 Å². The molecule has 0 aliphatic carbocycles. The highest BCUT2D eigenvalue weighted by Crippen LogP contribution is 1.82. The molecule has 0 aromatic carbocycles. The normalized spacial score (nSPS) is 11.6. The molecule has 0 spiro atoms. The molecule has 8 heavy (non-hydrogen) atoms. The fourth-order valence-electron chi connectivity index (χ4n) is 0.305. The van der Waals surface area contributed by atoms with Crippen molar-refractivity contribution in [1.29, 1.82) is 0 Å². The second-order valence-electron chi connectivity index (χ2n) is 1.66. The number of oxime groups is 1. The molecule has 0 saturated carbocycles. The van der Waals surface area contributed by atoms with E-state index in [9.17, 15) is 0 Å². The van der Waals surface area contributed by atoms with Crippen LogP contribution in [0, 0.1) is 0 Å². The minimum Gasteiger partial charge on any atom is -0.409 e. The van der Waals surface area contributed by atoms with Gasteiger partial charge >= 0.3 is 0 Å². The maximum Gasteiger partial charge on any atom is 0.140 e. The van der Waals surface area contributed by atoms with Crippen LogP contribution in [0.15, 0.2) is 5.16 Å². The molecule has 0 aliphatic heterocycles. The summed E-state index contributed by atoms with van der Waals surface area (Å²) in [7, 11) is 1.87. The van der Waals surface area contributed by atoms with Crippen LogP contribution in [0.5, 0.6) is 0 Å². The van der Waals surface area contributed by atoms with Crippen LogP contribution in [-0.2, 0) is 0 Å². The Bertz CT molecular complexity index is 90.4.